The van der Waals surface area contributed by atoms with E-state index in [-0.39, 0.29) is 5.41 Å². The van der Waals surface area contributed by atoms with E-state index in [1.54, 1.807) is 0 Å². The molecule has 3 nitrogen and oxygen atoms in total. The first kappa shape index (κ1) is 7.14. The summed E-state index contributed by atoms with van der Waals surface area (Å²) in [7, 11) is 0. The fourth-order valence-corrected chi connectivity index (χ4v) is 2.24. The highest BCUT2D eigenvalue weighted by atomic mass is 15.1. The molecule has 13 heavy (non-hydrogen) atoms. The zero-order chi connectivity index (χ0) is 8.89. The number of hydrogen-bond donors (Lipinski definition) is 1. The lowest BCUT2D eigenvalue weighted by Crippen LogP contribution is -2.06. The molecule has 0 radical (unpaired) electrons. The van der Waals surface area contributed by atoms with Gasteiger partial charge in [0, 0.05) is 5.69 Å². The molecule has 0 aliphatic heterocycles. The summed E-state index contributed by atoms with van der Waals surface area (Å²) in [4.78, 5) is 0. The predicted molar refractivity (Wildman–Crippen MR) is 47.1 cm³/mol. The number of nitrogens with one attached hydrogen (secondary N) is 1. The van der Waals surface area contributed by atoms with Gasteiger partial charge in [-0.05, 0) is 37.7 Å². The molecule has 0 saturated heterocycles. The molecule has 3 heteroatoms. The third-order valence-electron chi connectivity index (χ3n) is 3.22. The van der Waals surface area contributed by atoms with Crippen molar-refractivity contribution in [1.29, 1.82) is 5.26 Å². The van der Waals surface area contributed by atoms with Crippen LogP contribution in [-0.4, -0.2) is 10.2 Å². The largest absolute Gasteiger partial charge is 0.282 e. The molecule has 1 N–H and O–H groups in total. The molecule has 2 aliphatic rings. The van der Waals surface area contributed by atoms with Crippen molar-refractivity contribution in [2.75, 3.05) is 0 Å². The van der Waals surface area contributed by atoms with Gasteiger partial charge in [-0.1, -0.05) is 0 Å². The third-order valence-corrected chi connectivity index (χ3v) is 3.22. The monoisotopic (exact) mass is 173 g/mol. The van der Waals surface area contributed by atoms with Crippen LogP contribution < -0.4 is 0 Å². The number of rotatable bonds is 1. The van der Waals surface area contributed by atoms with Gasteiger partial charge in [0.05, 0.1) is 11.8 Å². The van der Waals surface area contributed by atoms with Crippen molar-refractivity contribution >= 4 is 0 Å². The quantitative estimate of drug-likeness (QED) is 0.698. The van der Waals surface area contributed by atoms with Gasteiger partial charge in [-0.2, -0.15) is 10.4 Å². The van der Waals surface area contributed by atoms with Crippen LogP contribution in [0.5, 0.6) is 0 Å². The van der Waals surface area contributed by atoms with Crippen LogP contribution in [0, 0.1) is 11.3 Å². The van der Waals surface area contributed by atoms with Gasteiger partial charge in [0.1, 0.15) is 5.41 Å². The maximum atomic E-state index is 9.06. The summed E-state index contributed by atoms with van der Waals surface area (Å²) in [6.07, 6.45) is 5.45. The molecular weight excluding hydrogens is 162 g/mol. The average Bonchev–Trinajstić information content (AvgIpc) is 2.62. The summed E-state index contributed by atoms with van der Waals surface area (Å²) in [6.45, 7) is 0. The van der Waals surface area contributed by atoms with E-state index in [4.69, 9.17) is 5.26 Å². The summed E-state index contributed by atoms with van der Waals surface area (Å²) in [5, 5.41) is 16.4. The second kappa shape index (κ2) is 2.14. The summed E-state index contributed by atoms with van der Waals surface area (Å²) < 4.78 is 0. The molecule has 66 valence electrons. The Hall–Kier alpha value is -1.30. The van der Waals surface area contributed by atoms with Crippen LogP contribution in [-0.2, 0) is 18.3 Å². The second-order valence-corrected chi connectivity index (χ2v) is 4.08. The van der Waals surface area contributed by atoms with Gasteiger partial charge < -0.3 is 0 Å². The van der Waals surface area contributed by atoms with Gasteiger partial charge in [-0.3, -0.25) is 5.10 Å². The minimum absolute atomic E-state index is 0.200. The van der Waals surface area contributed by atoms with Crippen molar-refractivity contribution < 1.29 is 0 Å². The molecule has 3 rings (SSSR count). The van der Waals surface area contributed by atoms with Crippen molar-refractivity contribution in [1.82, 2.24) is 10.2 Å². The molecule has 0 amide bonds. The Morgan fingerprint density at radius 2 is 2.23 bits per heavy atom. The highest BCUT2D eigenvalue weighted by Gasteiger charge is 2.49. The van der Waals surface area contributed by atoms with Gasteiger partial charge in [-0.25, -0.2) is 0 Å². The lowest BCUT2D eigenvalue weighted by atomic mass is 9.99. The van der Waals surface area contributed by atoms with Crippen molar-refractivity contribution in [2.45, 2.75) is 37.5 Å². The van der Waals surface area contributed by atoms with Gasteiger partial charge in [0.25, 0.3) is 0 Å². The first-order valence-electron chi connectivity index (χ1n) is 4.84. The first-order chi connectivity index (χ1) is 6.36. The molecule has 0 spiro atoms. The van der Waals surface area contributed by atoms with Crippen LogP contribution >= 0.6 is 0 Å². The Kier molecular flexibility index (Phi) is 1.17. The molecule has 0 atom stereocenters. The van der Waals surface area contributed by atoms with E-state index in [1.165, 1.54) is 17.7 Å². The predicted octanol–water partition coefficient (Wildman–Crippen LogP) is 1.45. The fraction of sp³-hybridized carbons (Fsp3) is 0.600. The standard InChI is InChI=1S/C10H11N3/c11-6-10(4-5-10)9-7-2-1-3-8(7)12-13-9/h1-5H2,(H,12,13). The van der Waals surface area contributed by atoms with Crippen molar-refractivity contribution in [3.63, 3.8) is 0 Å². The fourth-order valence-electron chi connectivity index (χ4n) is 2.24. The van der Waals surface area contributed by atoms with E-state index in [1.807, 2.05) is 0 Å². The zero-order valence-electron chi connectivity index (χ0n) is 7.43. The number of hydrogen-bond acceptors (Lipinski definition) is 2. The summed E-state index contributed by atoms with van der Waals surface area (Å²) >= 11 is 0. The Labute approximate surface area is 76.8 Å². The number of aryl methyl sites for hydroxylation is 1. The number of H-pyrrole nitrogens is 1. The molecule has 1 aromatic heterocycles. The highest BCUT2D eigenvalue weighted by Crippen LogP contribution is 2.49. The second-order valence-electron chi connectivity index (χ2n) is 4.08. The van der Waals surface area contributed by atoms with Crippen molar-refractivity contribution in [2.24, 2.45) is 0 Å². The molecule has 1 aromatic rings. The van der Waals surface area contributed by atoms with Crippen molar-refractivity contribution in [3.05, 3.63) is 17.0 Å². The SMILES string of the molecule is N#CC1(c2n[nH]c3c2CCC3)CC1. The van der Waals surface area contributed by atoms with Crippen LogP contribution in [0.15, 0.2) is 0 Å². The van der Waals surface area contributed by atoms with Crippen LogP contribution in [0.4, 0.5) is 0 Å². The van der Waals surface area contributed by atoms with Gasteiger partial charge in [0.2, 0.25) is 0 Å². The molecular formula is C10H11N3. The van der Waals surface area contributed by atoms with E-state index in [2.05, 4.69) is 16.3 Å². The van der Waals surface area contributed by atoms with Gasteiger partial charge in [-0.15, -0.1) is 0 Å². The number of aromatic nitrogens is 2. The van der Waals surface area contributed by atoms with Crippen LogP contribution in [0.3, 0.4) is 0 Å². The topological polar surface area (TPSA) is 52.5 Å². The minimum atomic E-state index is -0.200. The third kappa shape index (κ3) is 0.806. The lowest BCUT2D eigenvalue weighted by Gasteiger charge is -2.02. The Morgan fingerprint density at radius 1 is 1.38 bits per heavy atom. The lowest BCUT2D eigenvalue weighted by molar-refractivity contribution is 0.787. The Morgan fingerprint density at radius 3 is 2.92 bits per heavy atom. The molecule has 0 bridgehead atoms. The smallest absolute Gasteiger partial charge is 0.102 e. The van der Waals surface area contributed by atoms with E-state index in [0.717, 1.165) is 31.4 Å². The average molecular weight is 173 g/mol. The van der Waals surface area contributed by atoms with Gasteiger partial charge >= 0.3 is 0 Å². The minimum Gasteiger partial charge on any atom is -0.282 e. The number of nitriles is 1. The van der Waals surface area contributed by atoms with Crippen LogP contribution in [0.25, 0.3) is 0 Å². The summed E-state index contributed by atoms with van der Waals surface area (Å²) in [5.74, 6) is 0. The summed E-state index contributed by atoms with van der Waals surface area (Å²) in [6, 6.07) is 2.40. The van der Waals surface area contributed by atoms with Gasteiger partial charge in [0.15, 0.2) is 0 Å². The summed E-state index contributed by atoms with van der Waals surface area (Å²) in [5.41, 5.74) is 3.48. The van der Waals surface area contributed by atoms with E-state index < -0.39 is 0 Å². The number of aromatic amines is 1. The molecule has 1 fully saturated rings. The molecule has 2 aliphatic carbocycles. The maximum Gasteiger partial charge on any atom is 0.102 e. The number of nitrogens with zero attached hydrogens (tertiary/aromatic N) is 2. The highest BCUT2D eigenvalue weighted by molar-refractivity contribution is 5.43. The van der Waals surface area contributed by atoms with Crippen LogP contribution in [0.1, 0.15) is 36.2 Å². The molecule has 0 aromatic carbocycles. The normalized spacial score (nSPS) is 22.4. The zero-order valence-corrected chi connectivity index (χ0v) is 7.43. The Balaban J connectivity index is 2.12. The molecule has 0 unspecified atom stereocenters. The van der Waals surface area contributed by atoms with E-state index in [0.29, 0.717) is 0 Å². The first-order valence-corrected chi connectivity index (χ1v) is 4.84. The molecule has 1 heterocycles. The number of fused-ring (bicyclic) bond motifs is 1. The van der Waals surface area contributed by atoms with Crippen LogP contribution in [0.2, 0.25) is 0 Å². The Bertz CT molecular complexity index is 393. The van der Waals surface area contributed by atoms with Crippen molar-refractivity contribution in [3.8, 4) is 6.07 Å². The van der Waals surface area contributed by atoms with E-state index in [9.17, 15) is 0 Å². The van der Waals surface area contributed by atoms with E-state index >= 15 is 0 Å². The maximum absolute atomic E-state index is 9.06. The molecule has 1 saturated carbocycles.